The number of nitrogens with zero attached hydrogens (tertiary/aromatic N) is 2. The van der Waals surface area contributed by atoms with Crippen molar-refractivity contribution in [1.29, 1.82) is 0 Å². The molecule has 5 heteroatoms. The first kappa shape index (κ1) is 13.6. The smallest absolute Gasteiger partial charge is 0.135 e. The zero-order chi connectivity index (χ0) is 13.4. The molecule has 0 bridgehead atoms. The molecule has 0 aliphatic carbocycles. The number of likely N-dealkylation sites (tertiary alicyclic amines) is 1. The Labute approximate surface area is 124 Å². The standard InChI is InChI=1S/C14H19Cl2N3/c1-9-5-12(15)11(14(16)18-9)8-19-4-2-3-10-6-17-7-13(10)19/h5,10,13,17H,2-4,6-8H2,1H3. The summed E-state index contributed by atoms with van der Waals surface area (Å²) >= 11 is 12.6. The third-order valence-electron chi connectivity index (χ3n) is 4.30. The molecule has 2 saturated heterocycles. The summed E-state index contributed by atoms with van der Waals surface area (Å²) in [6.45, 7) is 6.09. The maximum atomic E-state index is 6.33. The molecule has 0 saturated carbocycles. The van der Waals surface area contributed by atoms with Gasteiger partial charge in [-0.05, 0) is 44.8 Å². The van der Waals surface area contributed by atoms with E-state index in [0.717, 1.165) is 48.4 Å². The molecule has 2 aliphatic heterocycles. The van der Waals surface area contributed by atoms with Crippen LogP contribution < -0.4 is 5.32 Å². The van der Waals surface area contributed by atoms with Crippen molar-refractivity contribution in [2.45, 2.75) is 32.4 Å². The van der Waals surface area contributed by atoms with Gasteiger partial charge in [-0.15, -0.1) is 0 Å². The number of fused-ring (bicyclic) bond motifs is 1. The van der Waals surface area contributed by atoms with Crippen molar-refractivity contribution < 1.29 is 0 Å². The van der Waals surface area contributed by atoms with Gasteiger partial charge in [-0.1, -0.05) is 23.2 Å². The molecule has 1 N–H and O–H groups in total. The van der Waals surface area contributed by atoms with E-state index < -0.39 is 0 Å². The Bertz CT molecular complexity index is 455. The van der Waals surface area contributed by atoms with E-state index in [1.54, 1.807) is 0 Å². The van der Waals surface area contributed by atoms with E-state index in [1.165, 1.54) is 12.8 Å². The van der Waals surface area contributed by atoms with Gasteiger partial charge in [0.15, 0.2) is 0 Å². The lowest BCUT2D eigenvalue weighted by atomic mass is 9.92. The monoisotopic (exact) mass is 299 g/mol. The van der Waals surface area contributed by atoms with E-state index in [0.29, 0.717) is 11.2 Å². The summed E-state index contributed by atoms with van der Waals surface area (Å²) in [5, 5.41) is 4.79. The highest BCUT2D eigenvalue weighted by atomic mass is 35.5. The first-order valence-electron chi connectivity index (χ1n) is 6.91. The Kier molecular flexibility index (Phi) is 3.99. The topological polar surface area (TPSA) is 28.2 Å². The largest absolute Gasteiger partial charge is 0.315 e. The Hall–Kier alpha value is -0.350. The molecule has 3 rings (SSSR count). The highest BCUT2D eigenvalue weighted by Gasteiger charge is 2.35. The van der Waals surface area contributed by atoms with Gasteiger partial charge in [0, 0.05) is 35.4 Å². The van der Waals surface area contributed by atoms with Crippen LogP contribution >= 0.6 is 23.2 Å². The van der Waals surface area contributed by atoms with Crippen LogP contribution in [0.25, 0.3) is 0 Å². The second-order valence-corrected chi connectivity index (χ2v) is 6.38. The minimum atomic E-state index is 0.554. The maximum absolute atomic E-state index is 6.33. The van der Waals surface area contributed by atoms with Crippen LogP contribution in [0, 0.1) is 12.8 Å². The molecule has 1 aromatic rings. The fourth-order valence-corrected chi connectivity index (χ4v) is 3.98. The van der Waals surface area contributed by atoms with Crippen molar-refractivity contribution in [3.05, 3.63) is 27.5 Å². The van der Waals surface area contributed by atoms with Gasteiger partial charge < -0.3 is 5.32 Å². The molecule has 2 atom stereocenters. The van der Waals surface area contributed by atoms with Crippen molar-refractivity contribution >= 4 is 23.2 Å². The number of aromatic nitrogens is 1. The van der Waals surface area contributed by atoms with Crippen LogP contribution in [0.5, 0.6) is 0 Å². The summed E-state index contributed by atoms with van der Waals surface area (Å²) < 4.78 is 0. The highest BCUT2D eigenvalue weighted by molar-refractivity contribution is 6.35. The second kappa shape index (κ2) is 5.57. The normalized spacial score (nSPS) is 27.5. The van der Waals surface area contributed by atoms with Crippen LogP contribution in [0.1, 0.15) is 24.1 Å². The van der Waals surface area contributed by atoms with Gasteiger partial charge >= 0.3 is 0 Å². The van der Waals surface area contributed by atoms with Gasteiger partial charge in [0.2, 0.25) is 0 Å². The summed E-state index contributed by atoms with van der Waals surface area (Å²) in [6.07, 6.45) is 2.60. The first-order valence-corrected chi connectivity index (χ1v) is 7.67. The number of hydrogen-bond donors (Lipinski definition) is 1. The molecule has 2 fully saturated rings. The molecule has 0 aromatic carbocycles. The molecule has 19 heavy (non-hydrogen) atoms. The summed E-state index contributed by atoms with van der Waals surface area (Å²) in [5.74, 6) is 0.782. The maximum Gasteiger partial charge on any atom is 0.135 e. The van der Waals surface area contributed by atoms with Crippen molar-refractivity contribution in [1.82, 2.24) is 15.2 Å². The molecular formula is C14H19Cl2N3. The quantitative estimate of drug-likeness (QED) is 0.851. The van der Waals surface area contributed by atoms with E-state index in [1.807, 2.05) is 13.0 Å². The number of piperidine rings is 1. The van der Waals surface area contributed by atoms with E-state index >= 15 is 0 Å². The minimum absolute atomic E-state index is 0.554. The lowest BCUT2D eigenvalue weighted by molar-refractivity contribution is 0.117. The SMILES string of the molecule is Cc1cc(Cl)c(CN2CCCC3CNCC32)c(Cl)n1. The molecule has 2 unspecified atom stereocenters. The molecule has 0 amide bonds. The van der Waals surface area contributed by atoms with Crippen molar-refractivity contribution in [3.8, 4) is 0 Å². The summed E-state index contributed by atoms with van der Waals surface area (Å²) in [7, 11) is 0. The van der Waals surface area contributed by atoms with Crippen LogP contribution in [0.15, 0.2) is 6.07 Å². The molecular weight excluding hydrogens is 281 g/mol. The van der Waals surface area contributed by atoms with Crippen molar-refractivity contribution in [2.24, 2.45) is 5.92 Å². The van der Waals surface area contributed by atoms with Crippen LogP contribution in [0.3, 0.4) is 0 Å². The van der Waals surface area contributed by atoms with Crippen LogP contribution in [0.4, 0.5) is 0 Å². The van der Waals surface area contributed by atoms with Gasteiger partial charge in [0.05, 0.1) is 0 Å². The van der Waals surface area contributed by atoms with Crippen LogP contribution in [0.2, 0.25) is 10.2 Å². The van der Waals surface area contributed by atoms with Crippen molar-refractivity contribution in [2.75, 3.05) is 19.6 Å². The van der Waals surface area contributed by atoms with Crippen LogP contribution in [-0.4, -0.2) is 35.6 Å². The number of aryl methyl sites for hydroxylation is 1. The molecule has 2 aliphatic rings. The zero-order valence-electron chi connectivity index (χ0n) is 11.1. The average Bonchev–Trinajstić information content (AvgIpc) is 2.82. The molecule has 104 valence electrons. The molecule has 0 spiro atoms. The van der Waals surface area contributed by atoms with Gasteiger partial charge in [-0.2, -0.15) is 0 Å². The van der Waals surface area contributed by atoms with Crippen LogP contribution in [-0.2, 0) is 6.54 Å². The summed E-state index contributed by atoms with van der Waals surface area (Å²) in [6, 6.07) is 2.53. The predicted molar refractivity (Wildman–Crippen MR) is 78.8 cm³/mol. The fraction of sp³-hybridized carbons (Fsp3) is 0.643. The predicted octanol–water partition coefficient (Wildman–Crippen LogP) is 2.88. The van der Waals surface area contributed by atoms with Crippen molar-refractivity contribution in [3.63, 3.8) is 0 Å². The van der Waals surface area contributed by atoms with E-state index in [4.69, 9.17) is 23.2 Å². The number of nitrogens with one attached hydrogen (secondary N) is 1. The average molecular weight is 300 g/mol. The van der Waals surface area contributed by atoms with E-state index in [2.05, 4.69) is 15.2 Å². The zero-order valence-corrected chi connectivity index (χ0v) is 12.6. The Morgan fingerprint density at radius 3 is 3.05 bits per heavy atom. The Morgan fingerprint density at radius 2 is 2.26 bits per heavy atom. The molecule has 1 aromatic heterocycles. The van der Waals surface area contributed by atoms with E-state index in [9.17, 15) is 0 Å². The number of hydrogen-bond acceptors (Lipinski definition) is 3. The number of rotatable bonds is 2. The molecule has 3 heterocycles. The summed E-state index contributed by atoms with van der Waals surface area (Å²) in [5.41, 5.74) is 1.85. The van der Waals surface area contributed by atoms with E-state index in [-0.39, 0.29) is 0 Å². The van der Waals surface area contributed by atoms with Gasteiger partial charge in [0.1, 0.15) is 5.15 Å². The van der Waals surface area contributed by atoms with Gasteiger partial charge in [0.25, 0.3) is 0 Å². The first-order chi connectivity index (χ1) is 9.15. The third kappa shape index (κ3) is 2.75. The number of pyridine rings is 1. The fourth-order valence-electron chi connectivity index (χ4n) is 3.33. The second-order valence-electron chi connectivity index (χ2n) is 5.61. The van der Waals surface area contributed by atoms with Gasteiger partial charge in [-0.25, -0.2) is 4.98 Å². The lowest BCUT2D eigenvalue weighted by Gasteiger charge is -2.37. The lowest BCUT2D eigenvalue weighted by Crippen LogP contribution is -2.44. The Balaban J connectivity index is 1.81. The molecule has 0 radical (unpaired) electrons. The Morgan fingerprint density at radius 1 is 1.42 bits per heavy atom. The third-order valence-corrected chi connectivity index (χ3v) is 4.95. The number of halogens is 2. The molecule has 3 nitrogen and oxygen atoms in total. The highest BCUT2D eigenvalue weighted by Crippen LogP contribution is 2.31. The van der Waals surface area contributed by atoms with Gasteiger partial charge in [-0.3, -0.25) is 4.90 Å². The minimum Gasteiger partial charge on any atom is -0.315 e. The summed E-state index contributed by atoms with van der Waals surface area (Å²) in [4.78, 5) is 6.84.